The summed E-state index contributed by atoms with van der Waals surface area (Å²) in [6.07, 6.45) is 5.10. The van der Waals surface area contributed by atoms with E-state index >= 15 is 0 Å². The van der Waals surface area contributed by atoms with Crippen LogP contribution >= 0.6 is 0 Å². The maximum Gasteiger partial charge on any atom is 0.308 e. The lowest BCUT2D eigenvalue weighted by Crippen LogP contribution is -2.55. The molecule has 0 radical (unpaired) electrons. The standard InChI is InChI=1S/C29H34N2O5/c1-35-22-8-9-27-25(17-22)24(11-13-30-27)28(32)10-7-19-12-14-31(18-26(19)29(33)34)20-15-23(16-20)36-21-5-3-2-4-6-21/h2-6,8-9,11,13,17,19-20,23,26,28,32H,7,10,12,14-16,18H2,1H3,(H,33,34)/t19-,20?,23?,26+,28?/m1/s1. The number of para-hydroxylation sites is 1. The van der Waals surface area contributed by atoms with E-state index in [1.807, 2.05) is 54.6 Å². The summed E-state index contributed by atoms with van der Waals surface area (Å²) < 4.78 is 11.4. The SMILES string of the molecule is COc1ccc2nccc(C(O)CC[C@@H]3CCN(C4CC(Oc5ccccc5)C4)C[C@@H]3C(=O)O)c2c1. The van der Waals surface area contributed by atoms with Crippen LogP contribution in [0.5, 0.6) is 11.5 Å². The Balaban J connectivity index is 1.17. The van der Waals surface area contributed by atoms with Crippen LogP contribution in [0.3, 0.4) is 0 Å². The number of benzene rings is 2. The van der Waals surface area contributed by atoms with Gasteiger partial charge in [-0.15, -0.1) is 0 Å². The van der Waals surface area contributed by atoms with E-state index < -0.39 is 18.0 Å². The summed E-state index contributed by atoms with van der Waals surface area (Å²) in [4.78, 5) is 18.9. The highest BCUT2D eigenvalue weighted by Crippen LogP contribution is 2.37. The summed E-state index contributed by atoms with van der Waals surface area (Å²) >= 11 is 0. The molecule has 1 saturated carbocycles. The van der Waals surface area contributed by atoms with Gasteiger partial charge in [-0.2, -0.15) is 0 Å². The molecule has 2 aliphatic rings. The largest absolute Gasteiger partial charge is 0.497 e. The summed E-state index contributed by atoms with van der Waals surface area (Å²) in [5, 5.41) is 21.9. The number of aliphatic hydroxyl groups is 1. The predicted molar refractivity (Wildman–Crippen MR) is 137 cm³/mol. The van der Waals surface area contributed by atoms with E-state index in [2.05, 4.69) is 9.88 Å². The van der Waals surface area contributed by atoms with E-state index in [-0.39, 0.29) is 12.0 Å². The molecule has 1 aliphatic carbocycles. The third-order valence-electron chi connectivity index (χ3n) is 7.89. The number of carboxylic acids is 1. The lowest BCUT2D eigenvalue weighted by molar-refractivity contribution is -0.147. The zero-order chi connectivity index (χ0) is 25.1. The number of hydrogen-bond donors (Lipinski definition) is 2. The van der Waals surface area contributed by atoms with Crippen molar-refractivity contribution in [2.45, 2.75) is 50.4 Å². The number of rotatable bonds is 9. The number of aliphatic hydroxyl groups excluding tert-OH is 1. The number of fused-ring (bicyclic) bond motifs is 1. The number of pyridine rings is 1. The molecular weight excluding hydrogens is 456 g/mol. The van der Waals surface area contributed by atoms with Gasteiger partial charge in [0, 0.05) is 37.0 Å². The molecule has 0 bridgehead atoms. The Labute approximate surface area is 211 Å². The molecule has 7 heteroatoms. The lowest BCUT2D eigenvalue weighted by atomic mass is 9.78. The van der Waals surface area contributed by atoms with Crippen molar-refractivity contribution in [2.24, 2.45) is 11.8 Å². The first-order valence-corrected chi connectivity index (χ1v) is 12.8. The Kier molecular flexibility index (Phi) is 7.39. The number of ether oxygens (including phenoxy) is 2. The maximum absolute atomic E-state index is 12.2. The number of likely N-dealkylation sites (tertiary alicyclic amines) is 1. The number of aliphatic carboxylic acids is 1. The highest BCUT2D eigenvalue weighted by molar-refractivity contribution is 5.83. The normalized spacial score (nSPS) is 25.2. The molecule has 7 nitrogen and oxygen atoms in total. The predicted octanol–water partition coefficient (Wildman–Crippen LogP) is 4.69. The van der Waals surface area contributed by atoms with Crippen LogP contribution in [-0.2, 0) is 4.79 Å². The lowest BCUT2D eigenvalue weighted by Gasteiger charge is -2.47. The Morgan fingerprint density at radius 2 is 1.94 bits per heavy atom. The molecule has 1 aliphatic heterocycles. The van der Waals surface area contributed by atoms with Crippen molar-refractivity contribution in [1.29, 1.82) is 0 Å². The third kappa shape index (κ3) is 5.32. The van der Waals surface area contributed by atoms with Crippen LogP contribution in [0.4, 0.5) is 0 Å². The van der Waals surface area contributed by atoms with Crippen LogP contribution in [0.2, 0.25) is 0 Å². The molecule has 2 heterocycles. The van der Waals surface area contributed by atoms with Gasteiger partial charge in [0.25, 0.3) is 0 Å². The molecule has 0 spiro atoms. The number of methoxy groups -OCH3 is 1. The second kappa shape index (κ2) is 10.8. The van der Waals surface area contributed by atoms with E-state index in [9.17, 15) is 15.0 Å². The molecule has 36 heavy (non-hydrogen) atoms. The monoisotopic (exact) mass is 490 g/mol. The van der Waals surface area contributed by atoms with E-state index in [0.717, 1.165) is 53.8 Å². The fourth-order valence-electron chi connectivity index (χ4n) is 5.70. The van der Waals surface area contributed by atoms with Crippen LogP contribution in [0.1, 0.15) is 43.8 Å². The number of nitrogens with zero attached hydrogens (tertiary/aromatic N) is 2. The quantitative estimate of drug-likeness (QED) is 0.450. The number of aromatic nitrogens is 1. The van der Waals surface area contributed by atoms with Crippen molar-refractivity contribution < 1.29 is 24.5 Å². The van der Waals surface area contributed by atoms with Gasteiger partial charge >= 0.3 is 5.97 Å². The molecule has 2 fully saturated rings. The molecule has 3 atom stereocenters. The Morgan fingerprint density at radius 3 is 2.69 bits per heavy atom. The first-order chi connectivity index (χ1) is 17.5. The summed E-state index contributed by atoms with van der Waals surface area (Å²) in [6.45, 7) is 1.46. The zero-order valence-electron chi connectivity index (χ0n) is 20.6. The molecule has 190 valence electrons. The van der Waals surface area contributed by atoms with Crippen LogP contribution in [0.25, 0.3) is 10.9 Å². The van der Waals surface area contributed by atoms with Gasteiger partial charge in [-0.25, -0.2) is 0 Å². The summed E-state index contributed by atoms with van der Waals surface area (Å²) in [5.74, 6) is 0.494. The average molecular weight is 491 g/mol. The smallest absolute Gasteiger partial charge is 0.308 e. The van der Waals surface area contributed by atoms with Gasteiger partial charge in [-0.05, 0) is 73.7 Å². The third-order valence-corrected chi connectivity index (χ3v) is 7.89. The van der Waals surface area contributed by atoms with Crippen molar-refractivity contribution in [3.05, 3.63) is 66.4 Å². The molecular formula is C29H34N2O5. The highest BCUT2D eigenvalue weighted by atomic mass is 16.5. The minimum atomic E-state index is -0.741. The molecule has 5 rings (SSSR count). The molecule has 1 aromatic heterocycles. The Morgan fingerprint density at radius 1 is 1.14 bits per heavy atom. The van der Waals surface area contributed by atoms with E-state index in [0.29, 0.717) is 25.4 Å². The first kappa shape index (κ1) is 24.5. The Hall–Kier alpha value is -3.16. The summed E-state index contributed by atoms with van der Waals surface area (Å²) in [6, 6.07) is 17.7. The van der Waals surface area contributed by atoms with E-state index in [1.165, 1.54) is 0 Å². The van der Waals surface area contributed by atoms with E-state index in [4.69, 9.17) is 9.47 Å². The van der Waals surface area contributed by atoms with Crippen molar-refractivity contribution >= 4 is 16.9 Å². The van der Waals surface area contributed by atoms with Crippen molar-refractivity contribution in [1.82, 2.24) is 9.88 Å². The van der Waals surface area contributed by atoms with Gasteiger partial charge in [0.2, 0.25) is 0 Å². The number of carbonyl (C=O) groups is 1. The number of hydrogen-bond acceptors (Lipinski definition) is 6. The zero-order valence-corrected chi connectivity index (χ0v) is 20.6. The van der Waals surface area contributed by atoms with Crippen molar-refractivity contribution in [3.63, 3.8) is 0 Å². The van der Waals surface area contributed by atoms with Crippen LogP contribution in [-0.4, -0.2) is 58.4 Å². The average Bonchev–Trinajstić information content (AvgIpc) is 2.89. The van der Waals surface area contributed by atoms with E-state index in [1.54, 1.807) is 13.3 Å². The Bertz CT molecular complexity index is 1180. The molecule has 1 saturated heterocycles. The second-order valence-corrected chi connectivity index (χ2v) is 10.0. The van der Waals surface area contributed by atoms with Gasteiger partial charge < -0.3 is 19.7 Å². The summed E-state index contributed by atoms with van der Waals surface area (Å²) in [7, 11) is 1.62. The van der Waals surface area contributed by atoms with Crippen LogP contribution in [0.15, 0.2) is 60.8 Å². The first-order valence-electron chi connectivity index (χ1n) is 12.8. The summed E-state index contributed by atoms with van der Waals surface area (Å²) in [5.41, 5.74) is 1.61. The second-order valence-electron chi connectivity index (χ2n) is 10.0. The van der Waals surface area contributed by atoms with Crippen molar-refractivity contribution in [3.8, 4) is 11.5 Å². The fourth-order valence-corrected chi connectivity index (χ4v) is 5.70. The van der Waals surface area contributed by atoms with Crippen LogP contribution < -0.4 is 9.47 Å². The minimum Gasteiger partial charge on any atom is -0.497 e. The van der Waals surface area contributed by atoms with Crippen LogP contribution in [0, 0.1) is 11.8 Å². The number of carboxylic acid groups (broad SMARTS) is 1. The van der Waals surface area contributed by atoms with Gasteiger partial charge in [-0.1, -0.05) is 18.2 Å². The molecule has 2 aromatic carbocycles. The molecule has 1 unspecified atom stereocenters. The fraction of sp³-hybridized carbons (Fsp3) is 0.448. The topological polar surface area (TPSA) is 92.1 Å². The maximum atomic E-state index is 12.2. The molecule has 3 aromatic rings. The van der Waals surface area contributed by atoms with Gasteiger partial charge in [-0.3, -0.25) is 14.7 Å². The molecule has 2 N–H and O–H groups in total. The van der Waals surface area contributed by atoms with Gasteiger partial charge in [0.15, 0.2) is 0 Å². The van der Waals surface area contributed by atoms with Crippen molar-refractivity contribution in [2.75, 3.05) is 20.2 Å². The minimum absolute atomic E-state index is 0.0486. The highest BCUT2D eigenvalue weighted by Gasteiger charge is 2.41. The number of piperidine rings is 1. The van der Waals surface area contributed by atoms with Gasteiger partial charge in [0.05, 0.1) is 24.6 Å². The molecule has 0 amide bonds. The van der Waals surface area contributed by atoms with Gasteiger partial charge in [0.1, 0.15) is 17.6 Å².